The number of carbonyl (C=O) groups is 1. The van der Waals surface area contributed by atoms with Gasteiger partial charge in [0.1, 0.15) is 5.82 Å². The number of carbonyl (C=O) groups excluding carboxylic acids is 1. The van der Waals surface area contributed by atoms with Gasteiger partial charge in [-0.05, 0) is 19.9 Å². The van der Waals surface area contributed by atoms with Crippen LogP contribution in [0.15, 0.2) is 18.5 Å². The lowest BCUT2D eigenvalue weighted by Crippen LogP contribution is -2.13. The Hall–Kier alpha value is -1.42. The maximum atomic E-state index is 12.3. The molecule has 0 unspecified atom stereocenters. The first kappa shape index (κ1) is 13.0. The van der Waals surface area contributed by atoms with Gasteiger partial charge in [0.25, 0.3) is 0 Å². The maximum Gasteiger partial charge on any atom is 0.183 e. The lowest BCUT2D eigenvalue weighted by molar-refractivity contribution is 0.0970. The van der Waals surface area contributed by atoms with Gasteiger partial charge in [-0.15, -0.1) is 11.3 Å². The number of imidazole rings is 1. The van der Waals surface area contributed by atoms with Crippen LogP contribution in [0.4, 0.5) is 0 Å². The highest BCUT2D eigenvalue weighted by Gasteiger charge is 2.15. The van der Waals surface area contributed by atoms with Crippen molar-refractivity contribution < 1.29 is 4.79 Å². The zero-order valence-electron chi connectivity index (χ0n) is 11.2. The quantitative estimate of drug-likeness (QED) is 0.790. The average molecular weight is 262 g/mol. The van der Waals surface area contributed by atoms with E-state index >= 15 is 0 Å². The molecule has 0 atom stereocenters. The molecule has 18 heavy (non-hydrogen) atoms. The topological polar surface area (TPSA) is 34.9 Å². The molecule has 0 amide bonds. The van der Waals surface area contributed by atoms with Crippen LogP contribution < -0.4 is 0 Å². The smallest absolute Gasteiger partial charge is 0.183 e. The van der Waals surface area contributed by atoms with Crippen molar-refractivity contribution in [2.75, 3.05) is 0 Å². The Morgan fingerprint density at radius 1 is 1.44 bits per heavy atom. The van der Waals surface area contributed by atoms with E-state index in [1.807, 2.05) is 30.7 Å². The summed E-state index contributed by atoms with van der Waals surface area (Å²) in [5.74, 6) is 1.46. The van der Waals surface area contributed by atoms with Crippen molar-refractivity contribution in [1.82, 2.24) is 9.55 Å². The second-order valence-corrected chi connectivity index (χ2v) is 6.28. The lowest BCUT2D eigenvalue weighted by Gasteiger charge is -2.09. The molecule has 2 aromatic heterocycles. The van der Waals surface area contributed by atoms with Crippen LogP contribution in [0.3, 0.4) is 0 Å². The molecule has 0 radical (unpaired) electrons. The minimum absolute atomic E-state index is 0.164. The molecule has 0 N–H and O–H groups in total. The van der Waals surface area contributed by atoms with Crippen LogP contribution in [0, 0.1) is 13.8 Å². The number of ketones is 1. The van der Waals surface area contributed by atoms with E-state index in [1.165, 1.54) is 4.88 Å². The van der Waals surface area contributed by atoms with Crippen molar-refractivity contribution in [1.29, 1.82) is 0 Å². The van der Waals surface area contributed by atoms with Gasteiger partial charge in [0.15, 0.2) is 5.78 Å². The Morgan fingerprint density at radius 2 is 2.17 bits per heavy atom. The first-order chi connectivity index (χ1) is 8.49. The van der Waals surface area contributed by atoms with Crippen molar-refractivity contribution in [3.8, 4) is 0 Å². The van der Waals surface area contributed by atoms with Crippen LogP contribution in [-0.2, 0) is 6.54 Å². The molecule has 4 heteroatoms. The maximum absolute atomic E-state index is 12.3. The zero-order valence-corrected chi connectivity index (χ0v) is 12.0. The summed E-state index contributed by atoms with van der Waals surface area (Å²) >= 11 is 1.67. The molecule has 0 spiro atoms. The van der Waals surface area contributed by atoms with Gasteiger partial charge in [0, 0.05) is 33.6 Å². The predicted octanol–water partition coefficient (Wildman–Crippen LogP) is 3.57. The molecule has 0 saturated heterocycles. The van der Waals surface area contributed by atoms with Gasteiger partial charge in [-0.1, -0.05) is 13.8 Å². The fraction of sp³-hybridized carbons (Fsp3) is 0.429. The minimum Gasteiger partial charge on any atom is -0.327 e. The zero-order chi connectivity index (χ0) is 13.3. The summed E-state index contributed by atoms with van der Waals surface area (Å²) in [7, 11) is 0. The normalized spacial score (nSPS) is 11.2. The molecular weight excluding hydrogens is 244 g/mol. The van der Waals surface area contributed by atoms with E-state index in [-0.39, 0.29) is 5.78 Å². The summed E-state index contributed by atoms with van der Waals surface area (Å²) in [5, 5.41) is 0. The number of aromatic nitrogens is 2. The lowest BCUT2D eigenvalue weighted by atomic mass is 10.1. The Kier molecular flexibility index (Phi) is 3.66. The summed E-state index contributed by atoms with van der Waals surface area (Å²) < 4.78 is 1.94. The summed E-state index contributed by atoms with van der Waals surface area (Å²) in [5.41, 5.74) is 0.848. The molecule has 96 valence electrons. The standard InChI is InChI=1S/C14H18N2OS/c1-9(2)14-15-5-6-16(14)8-13(17)12-7-10(3)18-11(12)4/h5-7,9H,8H2,1-4H3. The number of aryl methyl sites for hydroxylation is 2. The van der Waals surface area contributed by atoms with Crippen molar-refractivity contribution in [3.63, 3.8) is 0 Å². The Bertz CT molecular complexity index is 566. The molecule has 2 rings (SSSR count). The van der Waals surface area contributed by atoms with E-state index in [0.717, 1.165) is 16.3 Å². The van der Waals surface area contributed by atoms with Crippen LogP contribution in [0.25, 0.3) is 0 Å². The molecule has 0 aliphatic heterocycles. The van der Waals surface area contributed by atoms with Crippen molar-refractivity contribution in [3.05, 3.63) is 39.6 Å². The second kappa shape index (κ2) is 5.06. The molecule has 0 aromatic carbocycles. The highest BCUT2D eigenvalue weighted by Crippen LogP contribution is 2.22. The summed E-state index contributed by atoms with van der Waals surface area (Å²) in [4.78, 5) is 18.9. The summed E-state index contributed by atoms with van der Waals surface area (Å²) in [6, 6.07) is 1.98. The van der Waals surface area contributed by atoms with E-state index in [0.29, 0.717) is 12.5 Å². The highest BCUT2D eigenvalue weighted by atomic mass is 32.1. The number of Topliss-reactive ketones (excluding diaryl/α,β-unsaturated/α-hetero) is 1. The Labute approximate surface area is 111 Å². The van der Waals surface area contributed by atoms with Gasteiger partial charge >= 0.3 is 0 Å². The van der Waals surface area contributed by atoms with Gasteiger partial charge < -0.3 is 4.57 Å². The first-order valence-corrected chi connectivity index (χ1v) is 6.92. The molecule has 0 fully saturated rings. The molecule has 0 bridgehead atoms. The van der Waals surface area contributed by atoms with Crippen molar-refractivity contribution in [2.45, 2.75) is 40.2 Å². The molecule has 3 nitrogen and oxygen atoms in total. The third kappa shape index (κ3) is 2.53. The van der Waals surface area contributed by atoms with Crippen molar-refractivity contribution in [2.24, 2.45) is 0 Å². The number of hydrogen-bond donors (Lipinski definition) is 0. The summed E-state index contributed by atoms with van der Waals surface area (Å²) in [6.07, 6.45) is 3.64. The van der Waals surface area contributed by atoms with Crippen LogP contribution in [0.1, 0.15) is 45.7 Å². The van der Waals surface area contributed by atoms with Gasteiger partial charge in [-0.3, -0.25) is 4.79 Å². The number of thiophene rings is 1. The fourth-order valence-corrected chi connectivity index (χ4v) is 3.05. The predicted molar refractivity (Wildman–Crippen MR) is 74.4 cm³/mol. The van der Waals surface area contributed by atoms with E-state index < -0.39 is 0 Å². The van der Waals surface area contributed by atoms with Crippen LogP contribution in [0.2, 0.25) is 0 Å². The third-order valence-corrected chi connectivity index (χ3v) is 3.89. The first-order valence-electron chi connectivity index (χ1n) is 6.10. The monoisotopic (exact) mass is 262 g/mol. The SMILES string of the molecule is Cc1cc(C(=O)Cn2ccnc2C(C)C)c(C)s1. The van der Waals surface area contributed by atoms with Crippen LogP contribution in [0.5, 0.6) is 0 Å². The second-order valence-electron chi connectivity index (χ2n) is 4.82. The van der Waals surface area contributed by atoms with Gasteiger partial charge in [-0.25, -0.2) is 4.98 Å². The van der Waals surface area contributed by atoms with Crippen LogP contribution >= 0.6 is 11.3 Å². The van der Waals surface area contributed by atoms with Crippen LogP contribution in [-0.4, -0.2) is 15.3 Å². The van der Waals surface area contributed by atoms with E-state index in [1.54, 1.807) is 17.5 Å². The van der Waals surface area contributed by atoms with E-state index in [9.17, 15) is 4.79 Å². The van der Waals surface area contributed by atoms with Gasteiger partial charge in [0.05, 0.1) is 6.54 Å². The van der Waals surface area contributed by atoms with Gasteiger partial charge in [-0.2, -0.15) is 0 Å². The molecule has 2 heterocycles. The number of hydrogen-bond acceptors (Lipinski definition) is 3. The van der Waals surface area contributed by atoms with Gasteiger partial charge in [0.2, 0.25) is 0 Å². The third-order valence-electron chi connectivity index (χ3n) is 2.92. The molecule has 0 aliphatic carbocycles. The fourth-order valence-electron chi connectivity index (χ4n) is 2.10. The summed E-state index contributed by atoms with van der Waals surface area (Å²) in [6.45, 7) is 8.59. The molecular formula is C14H18N2OS. The Balaban J connectivity index is 2.21. The number of rotatable bonds is 4. The van der Waals surface area contributed by atoms with E-state index in [2.05, 4.69) is 18.8 Å². The van der Waals surface area contributed by atoms with E-state index in [4.69, 9.17) is 0 Å². The minimum atomic E-state index is 0.164. The number of nitrogens with zero attached hydrogens (tertiary/aromatic N) is 2. The largest absolute Gasteiger partial charge is 0.327 e. The van der Waals surface area contributed by atoms with Crippen molar-refractivity contribution >= 4 is 17.1 Å². The average Bonchev–Trinajstić information content (AvgIpc) is 2.85. The molecule has 2 aromatic rings. The molecule has 0 saturated carbocycles. The highest BCUT2D eigenvalue weighted by molar-refractivity contribution is 7.12. The Morgan fingerprint density at radius 3 is 2.72 bits per heavy atom. The molecule has 0 aliphatic rings.